The molecular formula is C21H25N8O8PS2. The molecule has 1 saturated heterocycles. The van der Waals surface area contributed by atoms with Gasteiger partial charge in [0.25, 0.3) is 5.91 Å². The molecule has 1 fully saturated rings. The van der Waals surface area contributed by atoms with Crippen molar-refractivity contribution in [2.24, 2.45) is 5.73 Å². The number of anilines is 1. The van der Waals surface area contributed by atoms with Gasteiger partial charge in [0, 0.05) is 17.2 Å². The molecule has 1 aromatic carbocycles. The minimum Gasteiger partial charge on any atom is -0.477 e. The Labute approximate surface area is 235 Å². The first-order chi connectivity index (χ1) is 19.1. The van der Waals surface area contributed by atoms with E-state index in [0.29, 0.717) is 23.2 Å². The normalized spacial score (nSPS) is 20.7. The summed E-state index contributed by atoms with van der Waals surface area (Å²) in [4.78, 5) is 59.5. The SMILES string of the molecule is CCOP(=O)(O)Cn1nnnc1SCC1=C(C(=O)O)N2C(=O)[C@@H](NC(=O)C(N)c3ccc(NC=O)cc3)[C@H]2SC1. The lowest BCUT2D eigenvalue weighted by Crippen LogP contribution is -2.71. The van der Waals surface area contributed by atoms with Gasteiger partial charge in [-0.05, 0) is 40.6 Å². The molecule has 0 bridgehead atoms. The lowest BCUT2D eigenvalue weighted by atomic mass is 10.0. The Bertz CT molecular complexity index is 1390. The maximum absolute atomic E-state index is 13.0. The smallest absolute Gasteiger partial charge is 0.352 e. The highest BCUT2D eigenvalue weighted by Gasteiger charge is 2.54. The third kappa shape index (κ3) is 6.37. The molecule has 2 aliphatic heterocycles. The van der Waals surface area contributed by atoms with Crippen molar-refractivity contribution in [2.75, 3.05) is 23.4 Å². The molecule has 6 N–H and O–H groups in total. The molecule has 0 aliphatic carbocycles. The predicted octanol–water partition coefficient (Wildman–Crippen LogP) is -0.0485. The van der Waals surface area contributed by atoms with E-state index in [0.717, 1.165) is 21.3 Å². The largest absolute Gasteiger partial charge is 0.477 e. The van der Waals surface area contributed by atoms with E-state index in [1.54, 1.807) is 31.2 Å². The van der Waals surface area contributed by atoms with Gasteiger partial charge in [0.2, 0.25) is 17.5 Å². The minimum absolute atomic E-state index is 0.0240. The number of amides is 3. The van der Waals surface area contributed by atoms with Crippen molar-refractivity contribution in [1.82, 2.24) is 30.4 Å². The molecule has 0 spiro atoms. The Morgan fingerprint density at radius 1 is 1.38 bits per heavy atom. The summed E-state index contributed by atoms with van der Waals surface area (Å²) in [5, 5.41) is 25.5. The van der Waals surface area contributed by atoms with E-state index in [-0.39, 0.29) is 29.0 Å². The van der Waals surface area contributed by atoms with Crippen molar-refractivity contribution in [2.45, 2.75) is 35.8 Å². The van der Waals surface area contributed by atoms with Gasteiger partial charge in [-0.25, -0.2) is 9.48 Å². The highest BCUT2D eigenvalue weighted by Crippen LogP contribution is 2.44. The van der Waals surface area contributed by atoms with E-state index in [9.17, 15) is 33.7 Å². The van der Waals surface area contributed by atoms with Gasteiger partial charge in [-0.1, -0.05) is 23.9 Å². The lowest BCUT2D eigenvalue weighted by molar-refractivity contribution is -0.150. The number of thioether (sulfide) groups is 2. The molecule has 16 nitrogen and oxygen atoms in total. The summed E-state index contributed by atoms with van der Waals surface area (Å²) in [6.45, 7) is 1.60. The summed E-state index contributed by atoms with van der Waals surface area (Å²) in [6, 6.07) is 4.24. The van der Waals surface area contributed by atoms with E-state index in [1.165, 1.54) is 11.8 Å². The maximum atomic E-state index is 13.0. The van der Waals surface area contributed by atoms with Gasteiger partial charge in [0.1, 0.15) is 29.4 Å². The maximum Gasteiger partial charge on any atom is 0.352 e. The molecular weight excluding hydrogens is 587 g/mol. The number of carbonyl (C=O) groups excluding carboxylic acids is 3. The molecule has 1 aromatic heterocycles. The molecule has 40 heavy (non-hydrogen) atoms. The second kappa shape index (κ2) is 12.5. The van der Waals surface area contributed by atoms with Crippen LogP contribution in [0.5, 0.6) is 0 Å². The van der Waals surface area contributed by atoms with Gasteiger partial charge in [-0.15, -0.1) is 16.9 Å². The van der Waals surface area contributed by atoms with Crippen LogP contribution in [-0.2, 0) is 34.6 Å². The third-order valence-electron chi connectivity index (χ3n) is 5.84. The molecule has 3 heterocycles. The second-order valence-corrected chi connectivity index (χ2v) is 12.3. The van der Waals surface area contributed by atoms with Gasteiger partial charge in [-0.2, -0.15) is 0 Å². The number of rotatable bonds is 13. The summed E-state index contributed by atoms with van der Waals surface area (Å²) in [6.07, 6.45) is 0.0372. The number of carboxylic acid groups (broad SMARTS) is 1. The fraction of sp³-hybridized carbons (Fsp3) is 0.381. The van der Waals surface area contributed by atoms with Gasteiger partial charge in [0.05, 0.1) is 6.61 Å². The van der Waals surface area contributed by atoms with Crippen LogP contribution in [-0.4, -0.2) is 88.8 Å². The summed E-state index contributed by atoms with van der Waals surface area (Å²) < 4.78 is 18.0. The first kappa shape index (κ1) is 29.7. The number of tetrazole rings is 1. The average Bonchev–Trinajstić information content (AvgIpc) is 3.35. The number of nitrogens with one attached hydrogen (secondary N) is 2. The molecule has 2 aliphatic rings. The standard InChI is InChI=1S/C21H25N8O8PS2/c1-2-37-38(35,36)10-28-21(25-26-27-28)40-8-12-7-39-19-15(18(32)29(19)16(12)20(33)34)24-17(31)14(22)11-3-5-13(6-4-11)23-9-30/h3-6,9,14-15,19H,2,7-8,10,22H2,1H3,(H,23,30)(H,24,31)(H,33,34)(H,35,36)/t14?,15-,19-/m1/s1. The van der Waals surface area contributed by atoms with E-state index in [2.05, 4.69) is 26.2 Å². The molecule has 4 rings (SSSR count). The number of β-lactam (4-membered cyclic amide) rings is 1. The first-order valence-corrected chi connectivity index (χ1v) is 15.5. The molecule has 4 atom stereocenters. The van der Waals surface area contributed by atoms with Crippen LogP contribution in [0.15, 0.2) is 40.7 Å². The topological polar surface area (TPSA) is 232 Å². The number of nitrogens with zero attached hydrogens (tertiary/aromatic N) is 5. The highest BCUT2D eigenvalue weighted by molar-refractivity contribution is 8.01. The van der Waals surface area contributed by atoms with Gasteiger partial charge >= 0.3 is 13.6 Å². The second-order valence-electron chi connectivity index (χ2n) is 8.46. The van der Waals surface area contributed by atoms with Crippen LogP contribution in [0.4, 0.5) is 5.69 Å². The van der Waals surface area contributed by atoms with E-state index in [1.807, 2.05) is 0 Å². The van der Waals surface area contributed by atoms with Crippen molar-refractivity contribution in [1.29, 1.82) is 0 Å². The van der Waals surface area contributed by atoms with E-state index in [4.69, 9.17) is 10.3 Å². The highest BCUT2D eigenvalue weighted by atomic mass is 32.2. The van der Waals surface area contributed by atoms with Crippen LogP contribution < -0.4 is 16.4 Å². The molecule has 0 radical (unpaired) electrons. The van der Waals surface area contributed by atoms with Crippen molar-refractivity contribution >= 4 is 61.0 Å². The number of benzene rings is 1. The Balaban J connectivity index is 1.42. The van der Waals surface area contributed by atoms with Crippen LogP contribution in [0, 0.1) is 0 Å². The molecule has 214 valence electrons. The number of carboxylic acids is 1. The van der Waals surface area contributed by atoms with Gasteiger partial charge in [0.15, 0.2) is 0 Å². The summed E-state index contributed by atoms with van der Waals surface area (Å²) in [5.74, 6) is -2.18. The number of aliphatic carboxylic acids is 1. The predicted molar refractivity (Wildman–Crippen MR) is 143 cm³/mol. The quantitative estimate of drug-likeness (QED) is 0.0864. The zero-order valence-electron chi connectivity index (χ0n) is 20.9. The van der Waals surface area contributed by atoms with E-state index >= 15 is 0 Å². The number of hydrogen-bond acceptors (Lipinski definition) is 12. The fourth-order valence-corrected chi connectivity index (χ4v) is 7.47. The third-order valence-corrected chi connectivity index (χ3v) is 9.51. The Morgan fingerprint density at radius 2 is 2.10 bits per heavy atom. The van der Waals surface area contributed by atoms with Crippen LogP contribution in [0.3, 0.4) is 0 Å². The van der Waals surface area contributed by atoms with Gasteiger partial charge in [-0.3, -0.25) is 23.8 Å². The van der Waals surface area contributed by atoms with Crippen LogP contribution in [0.25, 0.3) is 0 Å². The Hall–Kier alpha value is -3.28. The van der Waals surface area contributed by atoms with Crippen LogP contribution in [0.1, 0.15) is 18.5 Å². The van der Waals surface area contributed by atoms with Gasteiger partial charge < -0.3 is 30.9 Å². The monoisotopic (exact) mass is 612 g/mol. The van der Waals surface area contributed by atoms with Crippen molar-refractivity contribution < 1.29 is 38.3 Å². The number of aromatic nitrogens is 4. The molecule has 2 aromatic rings. The number of hydrogen-bond donors (Lipinski definition) is 5. The first-order valence-electron chi connectivity index (χ1n) is 11.7. The number of nitrogens with two attached hydrogens (primary N) is 1. The molecule has 2 unspecified atom stereocenters. The number of fused-ring (bicyclic) bond motifs is 1. The van der Waals surface area contributed by atoms with Crippen molar-refractivity contribution in [3.05, 3.63) is 41.1 Å². The van der Waals surface area contributed by atoms with E-state index < -0.39 is 49.1 Å². The minimum atomic E-state index is -3.97. The average molecular weight is 613 g/mol. The van der Waals surface area contributed by atoms with Crippen LogP contribution in [0.2, 0.25) is 0 Å². The molecule has 19 heteroatoms. The fourth-order valence-electron chi connectivity index (χ4n) is 4.00. The van der Waals surface area contributed by atoms with Crippen LogP contribution >= 0.6 is 31.1 Å². The molecule has 3 amide bonds. The zero-order valence-corrected chi connectivity index (χ0v) is 23.4. The van der Waals surface area contributed by atoms with Crippen molar-refractivity contribution in [3.63, 3.8) is 0 Å². The Kier molecular flexibility index (Phi) is 9.27. The summed E-state index contributed by atoms with van der Waals surface area (Å²) >= 11 is 2.32. The number of carbonyl (C=O) groups is 4. The van der Waals surface area contributed by atoms with Crippen molar-refractivity contribution in [3.8, 4) is 0 Å². The Morgan fingerprint density at radius 3 is 2.75 bits per heavy atom. The summed E-state index contributed by atoms with van der Waals surface area (Å²) in [7, 11) is -3.97. The zero-order chi connectivity index (χ0) is 29.0. The summed E-state index contributed by atoms with van der Waals surface area (Å²) in [5.41, 5.74) is 7.26. The lowest BCUT2D eigenvalue weighted by Gasteiger charge is -2.49. The molecule has 0 saturated carbocycles.